The van der Waals surface area contributed by atoms with Gasteiger partial charge in [0, 0.05) is 56.1 Å². The molecule has 1 aromatic heterocycles. The van der Waals surface area contributed by atoms with Crippen molar-refractivity contribution >= 4 is 17.4 Å². The van der Waals surface area contributed by atoms with E-state index in [1.165, 1.54) is 36.5 Å². The lowest BCUT2D eigenvalue weighted by Gasteiger charge is -2.34. The number of nitro benzene ring substituents is 1. The van der Waals surface area contributed by atoms with Gasteiger partial charge < -0.3 is 9.80 Å². The van der Waals surface area contributed by atoms with E-state index in [0.717, 1.165) is 10.6 Å². The van der Waals surface area contributed by atoms with E-state index in [1.807, 2.05) is 7.05 Å². The number of nitrogens with zero attached hydrogens (tertiary/aromatic N) is 4. The Morgan fingerprint density at radius 3 is 2.43 bits per heavy atom. The predicted molar refractivity (Wildman–Crippen MR) is 101 cm³/mol. The highest BCUT2D eigenvalue weighted by Gasteiger charge is 2.35. The van der Waals surface area contributed by atoms with Crippen molar-refractivity contribution in [1.82, 2.24) is 14.4 Å². The second-order valence-electron chi connectivity index (χ2n) is 6.65. The molecule has 28 heavy (non-hydrogen) atoms. The normalized spacial score (nSPS) is 15.8. The Kier molecular flexibility index (Phi) is 5.65. The van der Waals surface area contributed by atoms with Gasteiger partial charge in [-0.2, -0.15) is 0 Å². The molecule has 1 fully saturated rings. The zero-order valence-electron chi connectivity index (χ0n) is 15.4. The summed E-state index contributed by atoms with van der Waals surface area (Å²) in [5, 5.41) is 11.0. The van der Waals surface area contributed by atoms with Gasteiger partial charge in [-0.15, -0.1) is 0 Å². The van der Waals surface area contributed by atoms with E-state index in [2.05, 4.69) is 4.90 Å². The molecule has 1 aromatic carbocycles. The van der Waals surface area contributed by atoms with Gasteiger partial charge in [0.05, 0.1) is 4.92 Å². The molecule has 0 N–H and O–H groups in total. The van der Waals surface area contributed by atoms with E-state index in [0.29, 0.717) is 26.2 Å². The monoisotopic (exact) mass is 384 g/mol. The van der Waals surface area contributed by atoms with E-state index in [1.54, 1.807) is 11.0 Å². The van der Waals surface area contributed by atoms with Gasteiger partial charge in [-0.1, -0.05) is 18.2 Å². The number of carbonyl (C=O) groups is 2. The maximum atomic E-state index is 13.2. The second kappa shape index (κ2) is 8.13. The molecule has 0 aliphatic carbocycles. The molecule has 9 nitrogen and oxygen atoms in total. The highest BCUT2D eigenvalue weighted by Crippen LogP contribution is 2.21. The van der Waals surface area contributed by atoms with Gasteiger partial charge in [0.2, 0.25) is 0 Å². The first-order chi connectivity index (χ1) is 13.4. The highest BCUT2D eigenvalue weighted by molar-refractivity contribution is 6.12. The number of aromatic nitrogens is 1. The van der Waals surface area contributed by atoms with Crippen LogP contribution in [0.3, 0.4) is 0 Å². The lowest BCUT2D eigenvalue weighted by Crippen LogP contribution is -2.51. The van der Waals surface area contributed by atoms with E-state index >= 15 is 0 Å². The van der Waals surface area contributed by atoms with Crippen LogP contribution in [0.25, 0.3) is 0 Å². The molecule has 0 unspecified atom stereocenters. The Labute approximate surface area is 160 Å². The number of likely N-dealkylation sites (N-methyl/N-ethyl adjacent to an activating group) is 1. The van der Waals surface area contributed by atoms with Crippen molar-refractivity contribution in [3.8, 4) is 0 Å². The summed E-state index contributed by atoms with van der Waals surface area (Å²) in [6, 6.07) is 8.14. The lowest BCUT2D eigenvalue weighted by molar-refractivity contribution is -0.384. The van der Waals surface area contributed by atoms with Crippen LogP contribution in [-0.4, -0.2) is 64.2 Å². The van der Waals surface area contributed by atoms with Crippen molar-refractivity contribution in [2.45, 2.75) is 6.04 Å². The second-order valence-corrected chi connectivity index (χ2v) is 6.65. The lowest BCUT2D eigenvalue weighted by atomic mass is 10.0. The number of hydrogen-bond acceptors (Lipinski definition) is 6. The summed E-state index contributed by atoms with van der Waals surface area (Å²) in [7, 11) is 1.94. The first-order valence-electron chi connectivity index (χ1n) is 8.81. The molecule has 2 aromatic rings. The van der Waals surface area contributed by atoms with Crippen molar-refractivity contribution in [2.24, 2.45) is 0 Å². The number of benzene rings is 1. The zero-order chi connectivity index (χ0) is 20.3. The summed E-state index contributed by atoms with van der Waals surface area (Å²) >= 11 is 0. The van der Waals surface area contributed by atoms with Crippen LogP contribution < -0.4 is 5.56 Å². The summed E-state index contributed by atoms with van der Waals surface area (Å²) < 4.78 is 1.09. The molecule has 3 rings (SSSR count). The Hall–Kier alpha value is -3.33. The van der Waals surface area contributed by atoms with E-state index < -0.39 is 28.2 Å². The third-order valence-electron chi connectivity index (χ3n) is 4.77. The standard InChI is InChI=1S/C19H20N4O5/c1-20-9-11-21(12-10-20)19(26)17(22-8-3-2-7-16(22)24)18(25)14-5-4-6-15(13-14)23(27)28/h2-8,13,17H,9-12H2,1H3/t17-/m1/s1. The van der Waals surface area contributed by atoms with Crippen LogP contribution in [0.5, 0.6) is 0 Å². The molecular formula is C19H20N4O5. The van der Waals surface area contributed by atoms with Crippen molar-refractivity contribution < 1.29 is 14.5 Å². The molecule has 0 saturated carbocycles. The van der Waals surface area contributed by atoms with Crippen LogP contribution in [0.15, 0.2) is 53.5 Å². The first kappa shape index (κ1) is 19.4. The summed E-state index contributed by atoms with van der Waals surface area (Å²) in [4.78, 5) is 52.8. The minimum absolute atomic E-state index is 0.0115. The van der Waals surface area contributed by atoms with Gasteiger partial charge >= 0.3 is 0 Å². The molecule has 2 heterocycles. The smallest absolute Gasteiger partial charge is 0.270 e. The molecule has 0 bridgehead atoms. The average Bonchev–Trinajstić information content (AvgIpc) is 2.70. The molecular weight excluding hydrogens is 364 g/mol. The molecule has 0 radical (unpaired) electrons. The number of piperazine rings is 1. The van der Waals surface area contributed by atoms with Gasteiger partial charge in [-0.3, -0.25) is 29.1 Å². The number of Topliss-reactive ketones (excluding diaryl/α,β-unsaturated/α-hetero) is 1. The molecule has 1 saturated heterocycles. The van der Waals surface area contributed by atoms with Crippen LogP contribution in [0.1, 0.15) is 16.4 Å². The molecule has 1 aliphatic rings. The average molecular weight is 384 g/mol. The van der Waals surface area contributed by atoms with Crippen LogP contribution in [0.4, 0.5) is 5.69 Å². The minimum atomic E-state index is -1.40. The number of pyridine rings is 1. The topological polar surface area (TPSA) is 106 Å². The fourth-order valence-electron chi connectivity index (χ4n) is 3.14. The highest BCUT2D eigenvalue weighted by atomic mass is 16.6. The molecule has 0 spiro atoms. The van der Waals surface area contributed by atoms with Crippen LogP contribution in [0, 0.1) is 10.1 Å². The molecule has 1 aliphatic heterocycles. The van der Waals surface area contributed by atoms with Crippen LogP contribution in [-0.2, 0) is 4.79 Å². The minimum Gasteiger partial charge on any atom is -0.338 e. The third kappa shape index (κ3) is 3.99. The van der Waals surface area contributed by atoms with Gasteiger partial charge in [0.15, 0.2) is 11.8 Å². The van der Waals surface area contributed by atoms with Crippen LogP contribution >= 0.6 is 0 Å². The van der Waals surface area contributed by atoms with Crippen molar-refractivity contribution in [3.63, 3.8) is 0 Å². The van der Waals surface area contributed by atoms with E-state index in [9.17, 15) is 24.5 Å². The Morgan fingerprint density at radius 1 is 1.07 bits per heavy atom. The van der Waals surface area contributed by atoms with Gasteiger partial charge in [0.25, 0.3) is 17.2 Å². The first-order valence-corrected chi connectivity index (χ1v) is 8.81. The Morgan fingerprint density at radius 2 is 1.79 bits per heavy atom. The number of carbonyl (C=O) groups excluding carboxylic acids is 2. The fraction of sp³-hybridized carbons (Fsp3) is 0.316. The fourth-order valence-corrected chi connectivity index (χ4v) is 3.14. The number of ketones is 1. The van der Waals surface area contributed by atoms with Crippen molar-refractivity contribution in [1.29, 1.82) is 0 Å². The van der Waals surface area contributed by atoms with Crippen LogP contribution in [0.2, 0.25) is 0 Å². The Bertz CT molecular complexity index is 963. The third-order valence-corrected chi connectivity index (χ3v) is 4.77. The van der Waals surface area contributed by atoms with Gasteiger partial charge in [0.1, 0.15) is 0 Å². The molecule has 9 heteroatoms. The summed E-state index contributed by atoms with van der Waals surface area (Å²) in [5.74, 6) is -1.14. The van der Waals surface area contributed by atoms with Gasteiger partial charge in [-0.25, -0.2) is 0 Å². The predicted octanol–water partition coefficient (Wildman–Crippen LogP) is 0.954. The van der Waals surface area contributed by atoms with E-state index in [4.69, 9.17) is 0 Å². The molecule has 1 amide bonds. The van der Waals surface area contributed by atoms with Gasteiger partial charge in [-0.05, 0) is 13.1 Å². The zero-order valence-corrected chi connectivity index (χ0v) is 15.4. The van der Waals surface area contributed by atoms with Crippen molar-refractivity contribution in [2.75, 3.05) is 33.2 Å². The Balaban J connectivity index is 2.01. The van der Waals surface area contributed by atoms with E-state index in [-0.39, 0.29) is 11.3 Å². The quantitative estimate of drug-likeness (QED) is 0.329. The summed E-state index contributed by atoms with van der Waals surface area (Å²) in [6.07, 6.45) is 1.39. The summed E-state index contributed by atoms with van der Waals surface area (Å²) in [5.41, 5.74) is -0.733. The molecule has 1 atom stereocenters. The SMILES string of the molecule is CN1CCN(C(=O)[C@@H](C(=O)c2cccc([N+](=O)[O-])c2)n2ccccc2=O)CC1. The maximum absolute atomic E-state index is 13.2. The van der Waals surface area contributed by atoms with Crippen molar-refractivity contribution in [3.05, 3.63) is 74.7 Å². The molecule has 146 valence electrons. The number of hydrogen-bond donors (Lipinski definition) is 0. The maximum Gasteiger partial charge on any atom is 0.270 e. The largest absolute Gasteiger partial charge is 0.338 e. The number of non-ortho nitro benzene ring substituents is 1. The number of rotatable bonds is 5. The number of amides is 1. The number of nitro groups is 1. The summed E-state index contributed by atoms with van der Waals surface area (Å²) in [6.45, 7) is 2.20.